The van der Waals surface area contributed by atoms with Crippen LogP contribution in [-0.4, -0.2) is 26.2 Å². The molecule has 0 bridgehead atoms. The largest absolute Gasteiger partial charge is 0.293 e. The number of aromatic nitrogens is 3. The third-order valence-corrected chi connectivity index (χ3v) is 5.50. The number of nitrogens with one attached hydrogen (secondary N) is 1. The van der Waals surface area contributed by atoms with Gasteiger partial charge in [-0.25, -0.2) is 4.98 Å². The molecule has 0 fully saturated rings. The fraction of sp³-hybridized carbons (Fsp3) is 0.235. The Morgan fingerprint density at radius 1 is 1.26 bits per heavy atom. The number of Topliss-reactive ketones (excluding diaryl/α,β-unsaturated/α-hetero) is 1. The van der Waals surface area contributed by atoms with Gasteiger partial charge in [0.2, 0.25) is 5.16 Å². The van der Waals surface area contributed by atoms with Gasteiger partial charge in [-0.15, -0.1) is 16.4 Å². The van der Waals surface area contributed by atoms with Crippen LogP contribution in [0.1, 0.15) is 28.4 Å². The second-order valence-electron chi connectivity index (χ2n) is 5.37. The Labute approximate surface area is 143 Å². The average molecular weight is 343 g/mol. The zero-order valence-corrected chi connectivity index (χ0v) is 14.8. The fourth-order valence-electron chi connectivity index (χ4n) is 2.16. The Hall–Kier alpha value is -1.92. The van der Waals surface area contributed by atoms with Crippen molar-refractivity contribution in [1.29, 1.82) is 0 Å². The molecule has 1 aromatic carbocycles. The number of thiophene rings is 1. The molecular formula is C17H17N3OS2. The van der Waals surface area contributed by atoms with Gasteiger partial charge in [0.05, 0.1) is 10.1 Å². The topological polar surface area (TPSA) is 58.6 Å². The molecule has 0 aliphatic heterocycles. The molecule has 6 heteroatoms. The van der Waals surface area contributed by atoms with E-state index < -0.39 is 0 Å². The lowest BCUT2D eigenvalue weighted by molar-refractivity contribution is 0.0994. The normalized spacial score (nSPS) is 12.3. The fourth-order valence-corrected chi connectivity index (χ4v) is 3.63. The van der Waals surface area contributed by atoms with Crippen molar-refractivity contribution in [3.63, 3.8) is 0 Å². The van der Waals surface area contributed by atoms with Crippen LogP contribution in [-0.2, 0) is 0 Å². The van der Waals surface area contributed by atoms with Gasteiger partial charge in [-0.3, -0.25) is 9.89 Å². The van der Waals surface area contributed by atoms with Crippen molar-refractivity contribution in [1.82, 2.24) is 15.2 Å². The first-order valence-electron chi connectivity index (χ1n) is 7.29. The lowest BCUT2D eigenvalue weighted by atomic mass is 10.0. The Morgan fingerprint density at radius 3 is 2.78 bits per heavy atom. The first kappa shape index (κ1) is 16.0. The van der Waals surface area contributed by atoms with E-state index in [1.807, 2.05) is 56.5 Å². The SMILES string of the molecule is Cc1ccc(C(=O)C(C)Sc2n[nH]c(-c3cccs3)n2)cc1C. The van der Waals surface area contributed by atoms with E-state index in [2.05, 4.69) is 15.2 Å². The van der Waals surface area contributed by atoms with Gasteiger partial charge < -0.3 is 0 Å². The molecule has 0 amide bonds. The van der Waals surface area contributed by atoms with Crippen molar-refractivity contribution < 1.29 is 4.79 Å². The molecular weight excluding hydrogens is 326 g/mol. The van der Waals surface area contributed by atoms with Gasteiger partial charge in [-0.05, 0) is 49.4 Å². The maximum atomic E-state index is 12.6. The number of hydrogen-bond acceptors (Lipinski definition) is 5. The summed E-state index contributed by atoms with van der Waals surface area (Å²) >= 11 is 2.98. The van der Waals surface area contributed by atoms with Crippen LogP contribution < -0.4 is 0 Å². The van der Waals surface area contributed by atoms with Crippen LogP contribution in [0.2, 0.25) is 0 Å². The minimum absolute atomic E-state index is 0.0978. The summed E-state index contributed by atoms with van der Waals surface area (Å²) in [6.45, 7) is 5.96. The summed E-state index contributed by atoms with van der Waals surface area (Å²) in [6, 6.07) is 9.78. The van der Waals surface area contributed by atoms with E-state index in [0.717, 1.165) is 21.8 Å². The summed E-state index contributed by atoms with van der Waals surface area (Å²) in [5.41, 5.74) is 3.06. The summed E-state index contributed by atoms with van der Waals surface area (Å²) in [5.74, 6) is 0.842. The number of thioether (sulfide) groups is 1. The summed E-state index contributed by atoms with van der Waals surface area (Å²) in [5, 5.41) is 9.49. The maximum Gasteiger partial charge on any atom is 0.209 e. The third-order valence-electron chi connectivity index (χ3n) is 3.66. The Balaban J connectivity index is 1.72. The average Bonchev–Trinajstić information content (AvgIpc) is 3.20. The molecule has 23 heavy (non-hydrogen) atoms. The lowest BCUT2D eigenvalue weighted by Gasteiger charge is -2.09. The van der Waals surface area contributed by atoms with Gasteiger partial charge in [0.25, 0.3) is 0 Å². The van der Waals surface area contributed by atoms with Crippen molar-refractivity contribution in [2.45, 2.75) is 31.2 Å². The molecule has 3 aromatic rings. The second kappa shape index (κ2) is 6.68. The minimum Gasteiger partial charge on any atom is -0.293 e. The van der Waals surface area contributed by atoms with Crippen LogP contribution in [0.25, 0.3) is 10.7 Å². The zero-order valence-electron chi connectivity index (χ0n) is 13.2. The van der Waals surface area contributed by atoms with Crippen LogP contribution in [0.5, 0.6) is 0 Å². The van der Waals surface area contributed by atoms with E-state index in [0.29, 0.717) is 5.16 Å². The van der Waals surface area contributed by atoms with E-state index in [4.69, 9.17) is 0 Å². The highest BCUT2D eigenvalue weighted by Crippen LogP contribution is 2.27. The van der Waals surface area contributed by atoms with Crippen molar-refractivity contribution in [2.75, 3.05) is 0 Å². The van der Waals surface area contributed by atoms with Gasteiger partial charge in [0.15, 0.2) is 11.6 Å². The monoisotopic (exact) mass is 343 g/mol. The molecule has 1 N–H and O–H groups in total. The van der Waals surface area contributed by atoms with Gasteiger partial charge in [0.1, 0.15) is 0 Å². The molecule has 0 saturated heterocycles. The van der Waals surface area contributed by atoms with Crippen LogP contribution in [0.3, 0.4) is 0 Å². The van der Waals surface area contributed by atoms with Crippen molar-refractivity contribution >= 4 is 28.9 Å². The van der Waals surface area contributed by atoms with Crippen LogP contribution in [0.4, 0.5) is 0 Å². The molecule has 1 atom stereocenters. The molecule has 0 radical (unpaired) electrons. The molecule has 0 spiro atoms. The number of aromatic amines is 1. The van der Waals surface area contributed by atoms with Crippen molar-refractivity contribution in [3.8, 4) is 10.7 Å². The highest BCUT2D eigenvalue weighted by molar-refractivity contribution is 8.00. The number of rotatable bonds is 5. The van der Waals surface area contributed by atoms with Crippen LogP contribution >= 0.6 is 23.1 Å². The minimum atomic E-state index is -0.232. The van der Waals surface area contributed by atoms with Crippen molar-refractivity contribution in [3.05, 3.63) is 52.4 Å². The number of carbonyl (C=O) groups excluding carboxylic acids is 1. The summed E-state index contributed by atoms with van der Waals surface area (Å²) < 4.78 is 0. The number of nitrogens with zero attached hydrogens (tertiary/aromatic N) is 2. The number of H-pyrrole nitrogens is 1. The molecule has 2 aromatic heterocycles. The summed E-state index contributed by atoms with van der Waals surface area (Å²) in [7, 11) is 0. The number of hydrogen-bond donors (Lipinski definition) is 1. The molecule has 118 valence electrons. The van der Waals surface area contributed by atoms with Crippen LogP contribution in [0.15, 0.2) is 40.9 Å². The quantitative estimate of drug-likeness (QED) is 0.547. The van der Waals surface area contributed by atoms with Crippen LogP contribution in [0, 0.1) is 13.8 Å². The number of benzene rings is 1. The van der Waals surface area contributed by atoms with Crippen molar-refractivity contribution in [2.24, 2.45) is 0 Å². The van der Waals surface area contributed by atoms with Gasteiger partial charge >= 0.3 is 0 Å². The molecule has 4 nitrogen and oxygen atoms in total. The molecule has 3 rings (SSSR count). The molecule has 1 unspecified atom stereocenters. The Kier molecular flexibility index (Phi) is 4.63. The highest BCUT2D eigenvalue weighted by Gasteiger charge is 2.19. The third kappa shape index (κ3) is 3.54. The lowest BCUT2D eigenvalue weighted by Crippen LogP contribution is -2.14. The Morgan fingerprint density at radius 2 is 2.09 bits per heavy atom. The highest BCUT2D eigenvalue weighted by atomic mass is 32.2. The predicted octanol–water partition coefficient (Wildman–Crippen LogP) is 4.51. The van der Waals surface area contributed by atoms with E-state index >= 15 is 0 Å². The number of aryl methyl sites for hydroxylation is 2. The van der Waals surface area contributed by atoms with Gasteiger partial charge in [0, 0.05) is 5.56 Å². The summed E-state index contributed by atoms with van der Waals surface area (Å²) in [4.78, 5) is 18.1. The van der Waals surface area contributed by atoms with E-state index in [1.54, 1.807) is 11.3 Å². The zero-order chi connectivity index (χ0) is 16.4. The second-order valence-corrected chi connectivity index (χ2v) is 7.62. The molecule has 0 aliphatic carbocycles. The smallest absolute Gasteiger partial charge is 0.209 e. The first-order valence-corrected chi connectivity index (χ1v) is 9.05. The Bertz CT molecular complexity index is 824. The number of ketones is 1. The maximum absolute atomic E-state index is 12.6. The standard InChI is InChI=1S/C17H17N3OS2/c1-10-6-7-13(9-11(10)2)15(21)12(3)23-17-18-16(19-20-17)14-5-4-8-22-14/h4-9,12H,1-3H3,(H,18,19,20). The van der Waals surface area contributed by atoms with Gasteiger partial charge in [-0.2, -0.15) is 0 Å². The first-order chi connectivity index (χ1) is 11.0. The molecule has 2 heterocycles. The molecule has 0 aliphatic rings. The molecule has 0 saturated carbocycles. The van der Waals surface area contributed by atoms with E-state index in [1.165, 1.54) is 17.3 Å². The summed E-state index contributed by atoms with van der Waals surface area (Å²) in [6.07, 6.45) is 0. The number of carbonyl (C=O) groups is 1. The van der Waals surface area contributed by atoms with Gasteiger partial charge in [-0.1, -0.05) is 30.0 Å². The predicted molar refractivity (Wildman–Crippen MR) is 95.3 cm³/mol. The van der Waals surface area contributed by atoms with E-state index in [-0.39, 0.29) is 11.0 Å². The van der Waals surface area contributed by atoms with E-state index in [9.17, 15) is 4.79 Å².